The lowest BCUT2D eigenvalue weighted by atomic mass is 10.1. The molecule has 1 aromatic carbocycles. The van der Waals surface area contributed by atoms with Gasteiger partial charge >= 0.3 is 5.97 Å². The van der Waals surface area contributed by atoms with E-state index in [2.05, 4.69) is 10.4 Å². The lowest BCUT2D eigenvalue weighted by molar-refractivity contribution is -0.147. The molecule has 0 aliphatic carbocycles. The number of para-hydroxylation sites is 2. The van der Waals surface area contributed by atoms with Crippen LogP contribution >= 0.6 is 0 Å². The molecule has 3 rings (SSSR count). The molecule has 162 valence electrons. The van der Waals surface area contributed by atoms with Gasteiger partial charge in [-0.05, 0) is 25.5 Å². The number of carbonyl (C=O) groups excluding carboxylic acids is 3. The largest absolute Gasteiger partial charge is 0.495 e. The molecule has 0 saturated carbocycles. The monoisotopic (exact) mass is 437 g/mol. The molecule has 0 radical (unpaired) electrons. The number of nitrogens with one attached hydrogen (secondary N) is 1. The zero-order chi connectivity index (χ0) is 21.9. The molecule has 1 fully saturated rings. The first-order valence-corrected chi connectivity index (χ1v) is 11.3. The average molecular weight is 437 g/mol. The number of hydrazone groups is 1. The lowest BCUT2D eigenvalue weighted by Gasteiger charge is -2.27. The van der Waals surface area contributed by atoms with Crippen LogP contribution in [0.4, 0.5) is 5.69 Å². The number of carbonyl (C=O) groups is 3. The predicted octanol–water partition coefficient (Wildman–Crippen LogP) is 0.731. The Kier molecular flexibility index (Phi) is 6.40. The summed E-state index contributed by atoms with van der Waals surface area (Å²) in [5.41, 5.74) is 0.415. The summed E-state index contributed by atoms with van der Waals surface area (Å²) < 4.78 is 33.8. The maximum Gasteiger partial charge on any atom is 0.355 e. The van der Waals surface area contributed by atoms with Crippen molar-refractivity contribution in [3.8, 4) is 5.75 Å². The summed E-state index contributed by atoms with van der Waals surface area (Å²) >= 11 is 0. The molecule has 1 saturated heterocycles. The zero-order valence-electron chi connectivity index (χ0n) is 16.7. The van der Waals surface area contributed by atoms with E-state index in [-0.39, 0.29) is 42.4 Å². The molecule has 2 aliphatic rings. The normalized spacial score (nSPS) is 21.5. The zero-order valence-corrected chi connectivity index (χ0v) is 17.5. The van der Waals surface area contributed by atoms with Crippen molar-refractivity contribution in [2.75, 3.05) is 23.9 Å². The van der Waals surface area contributed by atoms with Crippen molar-refractivity contribution >= 4 is 39.0 Å². The third-order valence-electron chi connectivity index (χ3n) is 4.87. The minimum atomic E-state index is -3.21. The molecule has 0 aromatic heterocycles. The Balaban J connectivity index is 1.65. The quantitative estimate of drug-likeness (QED) is 0.649. The molecule has 1 N–H and O–H groups in total. The van der Waals surface area contributed by atoms with Gasteiger partial charge in [0.05, 0.1) is 30.3 Å². The number of amides is 2. The molecule has 0 spiro atoms. The van der Waals surface area contributed by atoms with Crippen molar-refractivity contribution in [3.63, 3.8) is 0 Å². The third-order valence-corrected chi connectivity index (χ3v) is 6.62. The lowest BCUT2D eigenvalue weighted by Crippen LogP contribution is -2.42. The summed E-state index contributed by atoms with van der Waals surface area (Å²) in [4.78, 5) is 37.0. The molecule has 2 heterocycles. The molecule has 2 atom stereocenters. The van der Waals surface area contributed by atoms with E-state index in [9.17, 15) is 22.8 Å². The first kappa shape index (κ1) is 21.8. The molecule has 11 heteroatoms. The Bertz CT molecular complexity index is 990. The fourth-order valence-electron chi connectivity index (χ4n) is 3.24. The van der Waals surface area contributed by atoms with E-state index < -0.39 is 33.9 Å². The highest BCUT2D eigenvalue weighted by Gasteiger charge is 2.37. The number of rotatable bonds is 6. The Morgan fingerprint density at radius 3 is 2.67 bits per heavy atom. The summed E-state index contributed by atoms with van der Waals surface area (Å²) in [5, 5.41) is 7.74. The second kappa shape index (κ2) is 8.82. The van der Waals surface area contributed by atoms with Crippen LogP contribution in [0.3, 0.4) is 0 Å². The number of sulfone groups is 1. The highest BCUT2D eigenvalue weighted by Crippen LogP contribution is 2.24. The minimum absolute atomic E-state index is 0.0170. The van der Waals surface area contributed by atoms with E-state index in [1.54, 1.807) is 24.3 Å². The molecule has 30 heavy (non-hydrogen) atoms. The van der Waals surface area contributed by atoms with Gasteiger partial charge in [0.15, 0.2) is 15.9 Å². The number of nitrogens with zero attached hydrogens (tertiary/aromatic N) is 2. The van der Waals surface area contributed by atoms with Gasteiger partial charge < -0.3 is 14.8 Å². The number of benzene rings is 1. The molecule has 2 amide bonds. The second-order valence-corrected chi connectivity index (χ2v) is 9.31. The first-order valence-electron chi connectivity index (χ1n) is 9.45. The number of methoxy groups -OCH3 is 1. The summed E-state index contributed by atoms with van der Waals surface area (Å²) in [6, 6.07) is 6.22. The van der Waals surface area contributed by atoms with Gasteiger partial charge in [-0.25, -0.2) is 18.2 Å². The Labute approximate surface area is 174 Å². The maximum atomic E-state index is 12.5. The van der Waals surface area contributed by atoms with E-state index in [0.29, 0.717) is 11.4 Å². The number of anilines is 1. The highest BCUT2D eigenvalue weighted by molar-refractivity contribution is 7.91. The fourth-order valence-corrected chi connectivity index (χ4v) is 4.93. The fraction of sp³-hybridized carbons (Fsp3) is 0.474. The number of hydrogen-bond donors (Lipinski definition) is 1. The Morgan fingerprint density at radius 1 is 1.27 bits per heavy atom. The molecule has 1 aromatic rings. The van der Waals surface area contributed by atoms with Crippen LogP contribution in [-0.2, 0) is 29.0 Å². The van der Waals surface area contributed by atoms with Gasteiger partial charge in [0, 0.05) is 12.8 Å². The SMILES string of the molecule is COc1ccccc1NC(=O)[C@H](C)OC(=O)C1=NN([C@H]2CCS(=O)(=O)C2)C(=O)CC1. The third kappa shape index (κ3) is 4.96. The number of esters is 1. The van der Waals surface area contributed by atoms with Gasteiger partial charge in [-0.3, -0.25) is 9.59 Å². The van der Waals surface area contributed by atoms with Crippen molar-refractivity contribution in [2.45, 2.75) is 38.3 Å². The van der Waals surface area contributed by atoms with Crippen molar-refractivity contribution < 1.29 is 32.3 Å². The number of ether oxygens (including phenoxy) is 2. The van der Waals surface area contributed by atoms with Crippen molar-refractivity contribution in [3.05, 3.63) is 24.3 Å². The summed E-state index contributed by atoms with van der Waals surface area (Å²) in [7, 11) is -1.74. The second-order valence-electron chi connectivity index (χ2n) is 7.08. The summed E-state index contributed by atoms with van der Waals surface area (Å²) in [6.07, 6.45) is -0.763. The highest BCUT2D eigenvalue weighted by atomic mass is 32.2. The van der Waals surface area contributed by atoms with Crippen LogP contribution in [0.2, 0.25) is 0 Å². The number of hydrogen-bond acceptors (Lipinski definition) is 8. The van der Waals surface area contributed by atoms with E-state index >= 15 is 0 Å². The smallest absolute Gasteiger partial charge is 0.355 e. The predicted molar refractivity (Wildman–Crippen MR) is 108 cm³/mol. The van der Waals surface area contributed by atoms with Crippen LogP contribution in [0.1, 0.15) is 26.2 Å². The van der Waals surface area contributed by atoms with Gasteiger partial charge in [-0.2, -0.15) is 5.10 Å². The summed E-state index contributed by atoms with van der Waals surface area (Å²) in [6.45, 7) is 1.42. The Morgan fingerprint density at radius 2 is 2.00 bits per heavy atom. The van der Waals surface area contributed by atoms with Crippen LogP contribution in [0.15, 0.2) is 29.4 Å². The molecule has 2 aliphatic heterocycles. The molecule has 10 nitrogen and oxygen atoms in total. The van der Waals surface area contributed by atoms with E-state index in [0.717, 1.165) is 5.01 Å². The van der Waals surface area contributed by atoms with E-state index in [1.807, 2.05) is 0 Å². The standard InChI is InChI=1S/C19H23N3O7S/c1-12(18(24)20-14-5-3-4-6-16(14)28-2)29-19(25)15-7-8-17(23)22(21-15)13-9-10-30(26,27)11-13/h3-6,12-13H,7-11H2,1-2H3,(H,20,24)/t12-,13-/m0/s1. The van der Waals surface area contributed by atoms with Gasteiger partial charge in [0.25, 0.3) is 5.91 Å². The maximum absolute atomic E-state index is 12.5. The topological polar surface area (TPSA) is 131 Å². The molecule has 0 bridgehead atoms. The van der Waals surface area contributed by atoms with Gasteiger partial charge in [-0.15, -0.1) is 0 Å². The first-order chi connectivity index (χ1) is 14.2. The average Bonchev–Trinajstić information content (AvgIpc) is 3.08. The molecular weight excluding hydrogens is 414 g/mol. The van der Waals surface area contributed by atoms with Crippen molar-refractivity contribution in [2.24, 2.45) is 5.10 Å². The van der Waals surface area contributed by atoms with Crippen LogP contribution in [0.5, 0.6) is 5.75 Å². The molecule has 0 unspecified atom stereocenters. The Hall–Kier alpha value is -2.95. The van der Waals surface area contributed by atoms with E-state index in [4.69, 9.17) is 9.47 Å². The summed E-state index contributed by atoms with van der Waals surface area (Å²) in [5.74, 6) is -1.45. The van der Waals surface area contributed by atoms with Crippen LogP contribution < -0.4 is 10.1 Å². The van der Waals surface area contributed by atoms with Gasteiger partial charge in [-0.1, -0.05) is 12.1 Å². The van der Waals surface area contributed by atoms with Crippen LogP contribution in [0.25, 0.3) is 0 Å². The van der Waals surface area contributed by atoms with Crippen molar-refractivity contribution in [1.29, 1.82) is 0 Å². The van der Waals surface area contributed by atoms with Gasteiger partial charge in [0.1, 0.15) is 11.5 Å². The van der Waals surface area contributed by atoms with Crippen LogP contribution in [0, 0.1) is 0 Å². The molecular formula is C19H23N3O7S. The van der Waals surface area contributed by atoms with Crippen LogP contribution in [-0.4, -0.2) is 67.7 Å². The van der Waals surface area contributed by atoms with Gasteiger partial charge in [0.2, 0.25) is 5.91 Å². The van der Waals surface area contributed by atoms with Crippen molar-refractivity contribution in [1.82, 2.24) is 5.01 Å². The van der Waals surface area contributed by atoms with E-state index in [1.165, 1.54) is 14.0 Å². The minimum Gasteiger partial charge on any atom is -0.495 e.